The lowest BCUT2D eigenvalue weighted by Crippen LogP contribution is -2.38. The molecule has 0 N–H and O–H groups in total. The summed E-state index contributed by atoms with van der Waals surface area (Å²) in [5.74, 6) is -2.70. The van der Waals surface area contributed by atoms with E-state index >= 15 is 0 Å². The predicted octanol–water partition coefficient (Wildman–Crippen LogP) is 5.52. The molecule has 2 aromatic carbocycles. The SMILES string of the molecule is C=CC(=O)N1CCC[C@H](c2nn(-c3ccc(Oc4c(F)cccc4F)cc3)c3cncc(F)c23)C1. The molecule has 1 atom stereocenters. The molecule has 0 radical (unpaired) electrons. The summed E-state index contributed by atoms with van der Waals surface area (Å²) < 4.78 is 49.7. The van der Waals surface area contributed by atoms with Gasteiger partial charge in [-0.1, -0.05) is 12.6 Å². The van der Waals surface area contributed by atoms with E-state index in [1.807, 2.05) is 0 Å². The fourth-order valence-corrected chi connectivity index (χ4v) is 4.42. The monoisotopic (exact) mass is 478 g/mol. The van der Waals surface area contributed by atoms with Crippen LogP contribution in [0.3, 0.4) is 0 Å². The van der Waals surface area contributed by atoms with Crippen molar-refractivity contribution in [2.45, 2.75) is 18.8 Å². The summed E-state index contributed by atoms with van der Waals surface area (Å²) in [7, 11) is 0. The number of pyridine rings is 1. The van der Waals surface area contributed by atoms with Crippen LogP contribution >= 0.6 is 0 Å². The number of ether oxygens (including phenoxy) is 1. The van der Waals surface area contributed by atoms with Gasteiger partial charge in [-0.05, 0) is 55.3 Å². The Bertz CT molecular complexity index is 1400. The summed E-state index contributed by atoms with van der Waals surface area (Å²) >= 11 is 0. The zero-order chi connectivity index (χ0) is 24.5. The number of carbonyl (C=O) groups is 1. The summed E-state index contributed by atoms with van der Waals surface area (Å²) in [6, 6.07) is 9.89. The van der Waals surface area contributed by atoms with Gasteiger partial charge in [0.1, 0.15) is 5.75 Å². The van der Waals surface area contributed by atoms with Crippen LogP contribution in [-0.4, -0.2) is 38.7 Å². The minimum Gasteiger partial charge on any atom is -0.451 e. The zero-order valence-corrected chi connectivity index (χ0v) is 18.6. The van der Waals surface area contributed by atoms with Crippen molar-refractivity contribution in [2.75, 3.05) is 13.1 Å². The number of benzene rings is 2. The maximum atomic E-state index is 14.9. The Morgan fingerprint density at radius 1 is 1.06 bits per heavy atom. The number of aromatic nitrogens is 3. The highest BCUT2D eigenvalue weighted by atomic mass is 19.1. The molecule has 4 aromatic rings. The Hall–Kier alpha value is -4.14. The van der Waals surface area contributed by atoms with Crippen LogP contribution in [0.5, 0.6) is 11.5 Å². The summed E-state index contributed by atoms with van der Waals surface area (Å²) in [6.07, 6.45) is 5.48. The average molecular weight is 478 g/mol. The van der Waals surface area contributed by atoms with Gasteiger partial charge in [0, 0.05) is 19.0 Å². The van der Waals surface area contributed by atoms with Crippen LogP contribution in [0.1, 0.15) is 24.5 Å². The minimum absolute atomic E-state index is 0.153. The van der Waals surface area contributed by atoms with Gasteiger partial charge in [-0.3, -0.25) is 9.78 Å². The molecule has 6 nitrogen and oxygen atoms in total. The fraction of sp³-hybridized carbons (Fsp3) is 0.192. The fourth-order valence-electron chi connectivity index (χ4n) is 4.42. The van der Waals surface area contributed by atoms with E-state index in [4.69, 9.17) is 9.84 Å². The van der Waals surface area contributed by atoms with Crippen molar-refractivity contribution in [1.29, 1.82) is 0 Å². The third kappa shape index (κ3) is 4.25. The molecule has 3 heterocycles. The lowest BCUT2D eigenvalue weighted by Gasteiger charge is -2.31. The number of fused-ring (bicyclic) bond motifs is 1. The number of likely N-dealkylation sites (tertiary alicyclic amines) is 1. The number of nitrogens with zero attached hydrogens (tertiary/aromatic N) is 4. The second kappa shape index (κ2) is 9.25. The normalized spacial score (nSPS) is 15.9. The molecule has 0 aliphatic carbocycles. The quantitative estimate of drug-likeness (QED) is 0.355. The average Bonchev–Trinajstić information content (AvgIpc) is 3.27. The number of para-hydroxylation sites is 1. The Morgan fingerprint density at radius 3 is 2.51 bits per heavy atom. The smallest absolute Gasteiger partial charge is 0.245 e. The van der Waals surface area contributed by atoms with E-state index in [1.54, 1.807) is 33.8 Å². The number of hydrogen-bond donors (Lipinski definition) is 0. The number of rotatable bonds is 5. The largest absolute Gasteiger partial charge is 0.451 e. The molecule has 1 saturated heterocycles. The van der Waals surface area contributed by atoms with Crippen LogP contribution in [0.15, 0.2) is 67.5 Å². The minimum atomic E-state index is -0.810. The summed E-state index contributed by atoms with van der Waals surface area (Å²) in [5.41, 5.74) is 1.61. The van der Waals surface area contributed by atoms with Gasteiger partial charge in [-0.15, -0.1) is 0 Å². The van der Waals surface area contributed by atoms with Gasteiger partial charge in [-0.2, -0.15) is 5.10 Å². The maximum absolute atomic E-state index is 14.9. The molecule has 1 amide bonds. The molecule has 0 spiro atoms. The predicted molar refractivity (Wildman–Crippen MR) is 124 cm³/mol. The van der Waals surface area contributed by atoms with Gasteiger partial charge < -0.3 is 9.64 Å². The van der Waals surface area contributed by atoms with Crippen molar-refractivity contribution < 1.29 is 22.7 Å². The third-order valence-electron chi connectivity index (χ3n) is 6.09. The second-order valence-electron chi connectivity index (χ2n) is 8.29. The Labute approximate surface area is 199 Å². The molecule has 2 aromatic heterocycles. The molecule has 1 fully saturated rings. The zero-order valence-electron chi connectivity index (χ0n) is 18.6. The van der Waals surface area contributed by atoms with E-state index in [9.17, 15) is 18.0 Å². The highest BCUT2D eigenvalue weighted by Gasteiger charge is 2.29. The molecule has 1 aliphatic heterocycles. The van der Waals surface area contributed by atoms with Gasteiger partial charge in [0.05, 0.1) is 34.7 Å². The van der Waals surface area contributed by atoms with Gasteiger partial charge in [-0.25, -0.2) is 17.9 Å². The number of amides is 1. The first kappa shape index (κ1) is 22.6. The first-order valence-corrected chi connectivity index (χ1v) is 11.1. The van der Waals surface area contributed by atoms with Crippen LogP contribution in [0.4, 0.5) is 13.2 Å². The molecule has 178 valence electrons. The van der Waals surface area contributed by atoms with E-state index in [1.165, 1.54) is 18.3 Å². The Balaban J connectivity index is 1.50. The molecule has 0 unspecified atom stereocenters. The lowest BCUT2D eigenvalue weighted by atomic mass is 9.93. The van der Waals surface area contributed by atoms with E-state index < -0.39 is 23.2 Å². The summed E-state index contributed by atoms with van der Waals surface area (Å²) in [6.45, 7) is 4.59. The van der Waals surface area contributed by atoms with Crippen LogP contribution < -0.4 is 4.74 Å². The second-order valence-corrected chi connectivity index (χ2v) is 8.29. The molecular formula is C26H21F3N4O2. The van der Waals surface area contributed by atoms with Gasteiger partial charge in [0.15, 0.2) is 23.2 Å². The lowest BCUT2D eigenvalue weighted by molar-refractivity contribution is -0.127. The van der Waals surface area contributed by atoms with Crippen molar-refractivity contribution in [3.8, 4) is 17.2 Å². The van der Waals surface area contributed by atoms with Crippen LogP contribution in [0, 0.1) is 17.5 Å². The molecule has 9 heteroatoms. The molecule has 0 saturated carbocycles. The maximum Gasteiger partial charge on any atom is 0.245 e. The molecule has 1 aliphatic rings. The molecule has 35 heavy (non-hydrogen) atoms. The van der Waals surface area contributed by atoms with Crippen LogP contribution in [0.2, 0.25) is 0 Å². The standard InChI is InChI=1S/C26H21F3N4O2/c1-2-23(34)32-12-4-5-16(15-32)25-24-21(29)13-30-14-22(24)33(31-25)17-8-10-18(11-9-17)35-26-19(27)6-3-7-20(26)28/h2-3,6-11,13-14,16H,1,4-5,12,15H2/t16-/m0/s1. The number of halogens is 3. The highest BCUT2D eigenvalue weighted by Crippen LogP contribution is 2.34. The van der Waals surface area contributed by atoms with Crippen molar-refractivity contribution >= 4 is 16.8 Å². The van der Waals surface area contributed by atoms with Crippen LogP contribution in [0.25, 0.3) is 16.6 Å². The Morgan fingerprint density at radius 2 is 1.80 bits per heavy atom. The van der Waals surface area contributed by atoms with Gasteiger partial charge in [0.25, 0.3) is 0 Å². The topological polar surface area (TPSA) is 60.2 Å². The highest BCUT2D eigenvalue weighted by molar-refractivity contribution is 5.87. The van der Waals surface area contributed by atoms with Crippen molar-refractivity contribution in [1.82, 2.24) is 19.7 Å². The molecular weight excluding hydrogens is 457 g/mol. The van der Waals surface area contributed by atoms with E-state index in [0.29, 0.717) is 35.4 Å². The third-order valence-corrected chi connectivity index (χ3v) is 6.09. The van der Waals surface area contributed by atoms with Gasteiger partial charge >= 0.3 is 0 Å². The summed E-state index contributed by atoms with van der Waals surface area (Å²) in [5, 5.41) is 5.07. The van der Waals surface area contributed by atoms with Gasteiger partial charge in [0.2, 0.25) is 5.91 Å². The van der Waals surface area contributed by atoms with Crippen LogP contribution in [-0.2, 0) is 4.79 Å². The first-order valence-electron chi connectivity index (χ1n) is 11.1. The summed E-state index contributed by atoms with van der Waals surface area (Å²) in [4.78, 5) is 17.8. The first-order chi connectivity index (χ1) is 17.0. The number of hydrogen-bond acceptors (Lipinski definition) is 4. The number of piperidine rings is 1. The van der Waals surface area contributed by atoms with Crippen molar-refractivity contribution in [3.05, 3.63) is 90.7 Å². The number of carbonyl (C=O) groups excluding carboxylic acids is 1. The van der Waals surface area contributed by atoms with E-state index in [0.717, 1.165) is 31.2 Å². The van der Waals surface area contributed by atoms with Crippen molar-refractivity contribution in [2.24, 2.45) is 0 Å². The molecule has 0 bridgehead atoms. The molecule has 5 rings (SSSR count). The van der Waals surface area contributed by atoms with Crippen molar-refractivity contribution in [3.63, 3.8) is 0 Å². The Kier molecular flexibility index (Phi) is 5.98. The van der Waals surface area contributed by atoms with E-state index in [-0.39, 0.29) is 17.6 Å². The van der Waals surface area contributed by atoms with E-state index in [2.05, 4.69) is 11.6 Å².